The zero-order valence-corrected chi connectivity index (χ0v) is 16.8. The maximum atomic E-state index is 12.5. The van der Waals surface area contributed by atoms with Gasteiger partial charge in [-0.3, -0.25) is 4.79 Å². The van der Waals surface area contributed by atoms with Crippen molar-refractivity contribution in [2.45, 2.75) is 40.3 Å². The Kier molecular flexibility index (Phi) is 7.67. The van der Waals surface area contributed by atoms with Crippen LogP contribution in [0.5, 0.6) is 11.5 Å². The number of aryl methyl sites for hydroxylation is 2. The highest BCUT2D eigenvalue weighted by Gasteiger charge is 2.13. The summed E-state index contributed by atoms with van der Waals surface area (Å²) in [7, 11) is 1.61. The van der Waals surface area contributed by atoms with Crippen LogP contribution in [0.15, 0.2) is 36.4 Å². The van der Waals surface area contributed by atoms with E-state index in [0.29, 0.717) is 25.4 Å². The lowest BCUT2D eigenvalue weighted by molar-refractivity contribution is 0.0905. The van der Waals surface area contributed by atoms with E-state index < -0.39 is 0 Å². The van der Waals surface area contributed by atoms with Crippen molar-refractivity contribution in [2.24, 2.45) is 0 Å². The van der Waals surface area contributed by atoms with Crippen molar-refractivity contribution in [3.63, 3.8) is 0 Å². The summed E-state index contributed by atoms with van der Waals surface area (Å²) in [6, 6.07) is 11.3. The second-order valence-corrected chi connectivity index (χ2v) is 6.62. The third-order valence-electron chi connectivity index (χ3n) is 4.29. The summed E-state index contributed by atoms with van der Waals surface area (Å²) in [5, 5.41) is 2.92. The number of benzene rings is 2. The Morgan fingerprint density at radius 1 is 1.07 bits per heavy atom. The SMILES string of the molecule is CCOc1ccc(C(=O)N[C@H](C)COC)cc1COc1ccc(C)c(C)c1. The lowest BCUT2D eigenvalue weighted by atomic mass is 10.1. The average Bonchev–Trinajstić information content (AvgIpc) is 2.64. The quantitative estimate of drug-likeness (QED) is 0.723. The molecule has 0 saturated carbocycles. The van der Waals surface area contributed by atoms with Gasteiger partial charge in [0.2, 0.25) is 0 Å². The highest BCUT2D eigenvalue weighted by Crippen LogP contribution is 2.24. The molecule has 0 saturated heterocycles. The van der Waals surface area contributed by atoms with Crippen molar-refractivity contribution in [1.82, 2.24) is 5.32 Å². The van der Waals surface area contributed by atoms with Crippen LogP contribution < -0.4 is 14.8 Å². The minimum atomic E-state index is -0.143. The molecule has 0 fully saturated rings. The van der Waals surface area contributed by atoms with E-state index in [9.17, 15) is 4.79 Å². The zero-order chi connectivity index (χ0) is 19.8. The topological polar surface area (TPSA) is 56.8 Å². The third-order valence-corrected chi connectivity index (χ3v) is 4.29. The molecule has 0 heterocycles. The van der Waals surface area contributed by atoms with Crippen LogP contribution in [0.1, 0.15) is 40.9 Å². The van der Waals surface area contributed by atoms with Crippen LogP contribution in [0.2, 0.25) is 0 Å². The fraction of sp³-hybridized carbons (Fsp3) is 0.409. The van der Waals surface area contributed by atoms with Crippen LogP contribution in [0.3, 0.4) is 0 Å². The number of hydrogen-bond donors (Lipinski definition) is 1. The molecule has 2 aromatic rings. The molecular weight excluding hydrogens is 342 g/mol. The van der Waals surface area contributed by atoms with Crippen molar-refractivity contribution in [3.8, 4) is 11.5 Å². The van der Waals surface area contributed by atoms with E-state index in [1.807, 2.05) is 44.2 Å². The van der Waals surface area contributed by atoms with Crippen LogP contribution in [-0.4, -0.2) is 32.3 Å². The van der Waals surface area contributed by atoms with Crippen LogP contribution >= 0.6 is 0 Å². The first-order valence-electron chi connectivity index (χ1n) is 9.20. The largest absolute Gasteiger partial charge is 0.493 e. The summed E-state index contributed by atoms with van der Waals surface area (Å²) in [4.78, 5) is 12.5. The van der Waals surface area contributed by atoms with Gasteiger partial charge in [-0.15, -0.1) is 0 Å². The molecule has 5 nitrogen and oxygen atoms in total. The van der Waals surface area contributed by atoms with Crippen molar-refractivity contribution in [1.29, 1.82) is 0 Å². The first kappa shape index (κ1) is 20.8. The molecule has 27 heavy (non-hydrogen) atoms. The fourth-order valence-corrected chi connectivity index (χ4v) is 2.69. The maximum absolute atomic E-state index is 12.5. The Morgan fingerprint density at radius 2 is 1.85 bits per heavy atom. The van der Waals surface area contributed by atoms with Crippen LogP contribution in [0.25, 0.3) is 0 Å². The number of ether oxygens (including phenoxy) is 3. The molecule has 0 aliphatic rings. The van der Waals surface area contributed by atoms with Gasteiger partial charge in [0.25, 0.3) is 5.91 Å². The number of carbonyl (C=O) groups excluding carboxylic acids is 1. The standard InChI is InChI=1S/C22H29NO4/c1-6-26-21-10-8-18(22(24)23-17(4)13-25-5)12-19(21)14-27-20-9-7-15(2)16(3)11-20/h7-12,17H,6,13-14H2,1-5H3,(H,23,24)/t17-/m1/s1. The summed E-state index contributed by atoms with van der Waals surface area (Å²) < 4.78 is 16.7. The molecule has 0 bridgehead atoms. The second kappa shape index (κ2) is 9.97. The van der Waals surface area contributed by atoms with Crippen LogP contribution in [0, 0.1) is 13.8 Å². The van der Waals surface area contributed by atoms with Gasteiger partial charge < -0.3 is 19.5 Å². The maximum Gasteiger partial charge on any atom is 0.251 e. The summed E-state index contributed by atoms with van der Waals surface area (Å²) in [5.74, 6) is 1.38. The lowest BCUT2D eigenvalue weighted by Gasteiger charge is -2.16. The Hall–Kier alpha value is -2.53. The van der Waals surface area contributed by atoms with E-state index in [1.165, 1.54) is 11.1 Å². The highest BCUT2D eigenvalue weighted by molar-refractivity contribution is 5.94. The molecule has 0 aromatic heterocycles. The molecule has 0 unspecified atom stereocenters. The molecule has 146 valence electrons. The zero-order valence-electron chi connectivity index (χ0n) is 16.8. The molecule has 5 heteroatoms. The molecule has 2 rings (SSSR count). The Morgan fingerprint density at radius 3 is 2.52 bits per heavy atom. The second-order valence-electron chi connectivity index (χ2n) is 6.62. The van der Waals surface area contributed by atoms with Crippen molar-refractivity contribution >= 4 is 5.91 Å². The average molecular weight is 371 g/mol. The molecule has 0 aliphatic heterocycles. The van der Waals surface area contributed by atoms with E-state index >= 15 is 0 Å². The molecule has 0 aliphatic carbocycles. The number of hydrogen-bond acceptors (Lipinski definition) is 4. The summed E-state index contributed by atoms with van der Waals surface area (Å²) in [6.45, 7) is 9.30. The minimum Gasteiger partial charge on any atom is -0.493 e. The normalized spacial score (nSPS) is 11.7. The minimum absolute atomic E-state index is 0.0655. The molecule has 1 N–H and O–H groups in total. The van der Waals surface area contributed by atoms with Gasteiger partial charge in [0.05, 0.1) is 13.2 Å². The van der Waals surface area contributed by atoms with Gasteiger partial charge in [0.1, 0.15) is 18.1 Å². The molecule has 1 atom stereocenters. The fourth-order valence-electron chi connectivity index (χ4n) is 2.69. The van der Waals surface area contributed by atoms with E-state index in [1.54, 1.807) is 13.2 Å². The van der Waals surface area contributed by atoms with Crippen molar-refractivity contribution < 1.29 is 19.0 Å². The Bertz CT molecular complexity index is 773. The van der Waals surface area contributed by atoms with E-state index in [4.69, 9.17) is 14.2 Å². The highest BCUT2D eigenvalue weighted by atomic mass is 16.5. The van der Waals surface area contributed by atoms with Gasteiger partial charge >= 0.3 is 0 Å². The third kappa shape index (κ3) is 6.00. The molecular formula is C22H29NO4. The number of nitrogens with one attached hydrogen (secondary N) is 1. The number of carbonyl (C=O) groups is 1. The molecule has 0 radical (unpaired) electrons. The first-order valence-corrected chi connectivity index (χ1v) is 9.20. The molecule has 2 aromatic carbocycles. The molecule has 0 spiro atoms. The predicted molar refractivity (Wildman–Crippen MR) is 107 cm³/mol. The van der Waals surface area contributed by atoms with Gasteiger partial charge in [0, 0.05) is 24.3 Å². The van der Waals surface area contributed by atoms with E-state index in [2.05, 4.69) is 19.2 Å². The van der Waals surface area contributed by atoms with Gasteiger partial charge in [-0.1, -0.05) is 6.07 Å². The van der Waals surface area contributed by atoms with Crippen LogP contribution in [-0.2, 0) is 11.3 Å². The lowest BCUT2D eigenvalue weighted by Crippen LogP contribution is -2.35. The van der Waals surface area contributed by atoms with Gasteiger partial charge in [-0.25, -0.2) is 0 Å². The van der Waals surface area contributed by atoms with E-state index in [-0.39, 0.29) is 11.9 Å². The van der Waals surface area contributed by atoms with Gasteiger partial charge in [-0.2, -0.15) is 0 Å². The number of amides is 1. The van der Waals surface area contributed by atoms with Gasteiger partial charge in [-0.05, 0) is 69.2 Å². The predicted octanol–water partition coefficient (Wildman–Crippen LogP) is 4.05. The Labute approximate surface area is 161 Å². The summed E-state index contributed by atoms with van der Waals surface area (Å²) >= 11 is 0. The monoisotopic (exact) mass is 371 g/mol. The summed E-state index contributed by atoms with van der Waals surface area (Å²) in [6.07, 6.45) is 0. The first-order chi connectivity index (χ1) is 12.9. The van der Waals surface area contributed by atoms with E-state index in [0.717, 1.165) is 17.1 Å². The number of rotatable bonds is 9. The van der Waals surface area contributed by atoms with Crippen molar-refractivity contribution in [3.05, 3.63) is 58.7 Å². The number of methoxy groups -OCH3 is 1. The summed E-state index contributed by atoms with van der Waals surface area (Å²) in [5.41, 5.74) is 3.81. The van der Waals surface area contributed by atoms with Crippen molar-refractivity contribution in [2.75, 3.05) is 20.3 Å². The van der Waals surface area contributed by atoms with Gasteiger partial charge in [0.15, 0.2) is 0 Å². The Balaban J connectivity index is 2.16. The smallest absolute Gasteiger partial charge is 0.251 e. The molecule has 1 amide bonds. The van der Waals surface area contributed by atoms with Crippen LogP contribution in [0.4, 0.5) is 0 Å².